The molecule has 0 bridgehead atoms. The maximum Gasteiger partial charge on any atom is 0.153 e. The van der Waals surface area contributed by atoms with Gasteiger partial charge in [-0.1, -0.05) is 18.2 Å². The van der Waals surface area contributed by atoms with E-state index in [1.807, 2.05) is 47.4 Å². The lowest BCUT2D eigenvalue weighted by atomic mass is 9.98. The molecule has 2 N–H and O–H groups in total. The number of nitrogens with zero attached hydrogens (tertiary/aromatic N) is 4. The highest BCUT2D eigenvalue weighted by molar-refractivity contribution is 5.31. The van der Waals surface area contributed by atoms with E-state index in [4.69, 9.17) is 0 Å². The van der Waals surface area contributed by atoms with Crippen LogP contribution < -0.4 is 5.32 Å². The van der Waals surface area contributed by atoms with Crippen molar-refractivity contribution < 1.29 is 0 Å². The first-order chi connectivity index (χ1) is 11.4. The Hall–Kier alpha value is -2.47. The SMILES string of the molecule is c1ccc(-n2cc(Cc3nc(C4CCNCC4)n[nH]3)cn2)cc1. The maximum absolute atomic E-state index is 4.68. The zero-order chi connectivity index (χ0) is 15.5. The predicted octanol–water partition coefficient (Wildman–Crippen LogP) is 2.05. The second kappa shape index (κ2) is 6.34. The molecule has 0 atom stereocenters. The van der Waals surface area contributed by atoms with Gasteiger partial charge in [-0.15, -0.1) is 0 Å². The summed E-state index contributed by atoms with van der Waals surface area (Å²) in [5.41, 5.74) is 2.19. The van der Waals surface area contributed by atoms with Gasteiger partial charge in [0.05, 0.1) is 11.9 Å². The number of hydrogen-bond donors (Lipinski definition) is 2. The normalized spacial score (nSPS) is 15.8. The molecular formula is C17H20N6. The summed E-state index contributed by atoms with van der Waals surface area (Å²) in [6.45, 7) is 2.11. The standard InChI is InChI=1S/C17H20N6/c1-2-4-15(5-3-1)23-12-13(11-19-23)10-16-20-17(22-21-16)14-6-8-18-9-7-14/h1-5,11-12,14,18H,6-10H2,(H,20,21,22). The summed E-state index contributed by atoms with van der Waals surface area (Å²) in [5.74, 6) is 2.34. The number of benzene rings is 1. The lowest BCUT2D eigenvalue weighted by Crippen LogP contribution is -2.27. The molecule has 118 valence electrons. The van der Waals surface area contributed by atoms with Crippen molar-refractivity contribution in [3.63, 3.8) is 0 Å². The molecule has 1 aromatic carbocycles. The number of H-pyrrole nitrogens is 1. The van der Waals surface area contributed by atoms with Crippen molar-refractivity contribution in [2.24, 2.45) is 0 Å². The van der Waals surface area contributed by atoms with E-state index in [9.17, 15) is 0 Å². The number of para-hydroxylation sites is 1. The molecule has 1 saturated heterocycles. The minimum atomic E-state index is 0.480. The Morgan fingerprint density at radius 3 is 2.78 bits per heavy atom. The van der Waals surface area contributed by atoms with E-state index in [1.165, 1.54) is 0 Å². The van der Waals surface area contributed by atoms with Gasteiger partial charge in [-0.05, 0) is 43.6 Å². The Balaban J connectivity index is 1.46. The summed E-state index contributed by atoms with van der Waals surface area (Å²) in [6.07, 6.45) is 6.89. The molecular weight excluding hydrogens is 288 g/mol. The molecule has 1 aliphatic rings. The molecule has 0 saturated carbocycles. The molecule has 1 aliphatic heterocycles. The van der Waals surface area contributed by atoms with Gasteiger partial charge in [-0.3, -0.25) is 5.10 Å². The maximum atomic E-state index is 4.68. The monoisotopic (exact) mass is 308 g/mol. The Morgan fingerprint density at radius 1 is 1.13 bits per heavy atom. The quantitative estimate of drug-likeness (QED) is 0.774. The highest BCUT2D eigenvalue weighted by Crippen LogP contribution is 2.22. The topological polar surface area (TPSA) is 71.4 Å². The van der Waals surface area contributed by atoms with Crippen LogP contribution in [0.5, 0.6) is 0 Å². The van der Waals surface area contributed by atoms with Crippen LogP contribution in [0.15, 0.2) is 42.7 Å². The number of aromatic amines is 1. The Bertz CT molecular complexity index is 754. The Kier molecular flexibility index (Phi) is 3.90. The second-order valence-electron chi connectivity index (χ2n) is 5.97. The number of nitrogens with one attached hydrogen (secondary N) is 2. The zero-order valence-corrected chi connectivity index (χ0v) is 12.9. The molecule has 0 radical (unpaired) electrons. The highest BCUT2D eigenvalue weighted by atomic mass is 15.3. The molecule has 3 heterocycles. The summed E-state index contributed by atoms with van der Waals surface area (Å²) in [4.78, 5) is 4.68. The van der Waals surface area contributed by atoms with Crippen LogP contribution in [0.25, 0.3) is 5.69 Å². The molecule has 23 heavy (non-hydrogen) atoms. The van der Waals surface area contributed by atoms with Crippen LogP contribution in [0.4, 0.5) is 0 Å². The van der Waals surface area contributed by atoms with E-state index in [-0.39, 0.29) is 0 Å². The van der Waals surface area contributed by atoms with Crippen LogP contribution in [0.2, 0.25) is 0 Å². The molecule has 0 aliphatic carbocycles. The average Bonchev–Trinajstić information content (AvgIpc) is 3.27. The first-order valence-electron chi connectivity index (χ1n) is 8.09. The van der Waals surface area contributed by atoms with Crippen molar-refractivity contribution >= 4 is 0 Å². The highest BCUT2D eigenvalue weighted by Gasteiger charge is 2.19. The van der Waals surface area contributed by atoms with Gasteiger partial charge in [-0.2, -0.15) is 10.2 Å². The van der Waals surface area contributed by atoms with E-state index >= 15 is 0 Å². The number of hydrogen-bond acceptors (Lipinski definition) is 4. The summed E-state index contributed by atoms with van der Waals surface area (Å²) in [5, 5.41) is 15.3. The molecule has 6 heteroatoms. The summed E-state index contributed by atoms with van der Waals surface area (Å²) >= 11 is 0. The number of rotatable bonds is 4. The number of aromatic nitrogens is 5. The minimum absolute atomic E-state index is 0.480. The fraction of sp³-hybridized carbons (Fsp3) is 0.353. The summed E-state index contributed by atoms with van der Waals surface area (Å²) < 4.78 is 1.89. The van der Waals surface area contributed by atoms with Crippen LogP contribution in [0.3, 0.4) is 0 Å². The fourth-order valence-electron chi connectivity index (χ4n) is 3.02. The first-order valence-corrected chi connectivity index (χ1v) is 8.09. The Labute approximate surface area is 135 Å². The molecule has 3 aromatic rings. The number of piperidine rings is 1. The minimum Gasteiger partial charge on any atom is -0.317 e. The van der Waals surface area contributed by atoms with E-state index in [1.54, 1.807) is 0 Å². The van der Waals surface area contributed by atoms with Crippen LogP contribution in [0.1, 0.15) is 36.0 Å². The van der Waals surface area contributed by atoms with Crippen molar-refractivity contribution in [3.8, 4) is 5.69 Å². The van der Waals surface area contributed by atoms with Crippen molar-refractivity contribution in [2.45, 2.75) is 25.2 Å². The van der Waals surface area contributed by atoms with Gasteiger partial charge in [0.15, 0.2) is 5.82 Å². The largest absolute Gasteiger partial charge is 0.317 e. The average molecular weight is 308 g/mol. The second-order valence-corrected chi connectivity index (χ2v) is 5.97. The van der Waals surface area contributed by atoms with Gasteiger partial charge >= 0.3 is 0 Å². The first kappa shape index (κ1) is 14.1. The van der Waals surface area contributed by atoms with Crippen LogP contribution in [-0.4, -0.2) is 38.1 Å². The van der Waals surface area contributed by atoms with Gasteiger partial charge < -0.3 is 5.32 Å². The van der Waals surface area contributed by atoms with Crippen molar-refractivity contribution in [1.82, 2.24) is 30.3 Å². The van der Waals surface area contributed by atoms with Crippen LogP contribution in [-0.2, 0) is 6.42 Å². The van der Waals surface area contributed by atoms with Crippen molar-refractivity contribution in [3.05, 3.63) is 59.9 Å². The van der Waals surface area contributed by atoms with Crippen molar-refractivity contribution in [2.75, 3.05) is 13.1 Å². The lowest BCUT2D eigenvalue weighted by molar-refractivity contribution is 0.446. The molecule has 1 fully saturated rings. The van der Waals surface area contributed by atoms with Crippen molar-refractivity contribution in [1.29, 1.82) is 0 Å². The third kappa shape index (κ3) is 3.17. The van der Waals surface area contributed by atoms with E-state index in [2.05, 4.69) is 25.6 Å². The Morgan fingerprint density at radius 2 is 1.96 bits per heavy atom. The third-order valence-electron chi connectivity index (χ3n) is 4.28. The molecule has 2 aromatic heterocycles. The van der Waals surface area contributed by atoms with Gasteiger partial charge in [0, 0.05) is 18.5 Å². The smallest absolute Gasteiger partial charge is 0.153 e. The summed E-state index contributed by atoms with van der Waals surface area (Å²) in [6, 6.07) is 10.1. The van der Waals surface area contributed by atoms with Gasteiger partial charge in [0.1, 0.15) is 5.82 Å². The van der Waals surface area contributed by atoms with Crippen LogP contribution in [0, 0.1) is 0 Å². The third-order valence-corrected chi connectivity index (χ3v) is 4.28. The van der Waals surface area contributed by atoms with E-state index in [0.717, 1.165) is 55.3 Å². The van der Waals surface area contributed by atoms with Gasteiger partial charge in [-0.25, -0.2) is 9.67 Å². The molecule has 0 unspecified atom stereocenters. The molecule has 0 amide bonds. The van der Waals surface area contributed by atoms with Gasteiger partial charge in [0.2, 0.25) is 0 Å². The predicted molar refractivity (Wildman–Crippen MR) is 87.6 cm³/mol. The molecule has 4 rings (SSSR count). The fourth-order valence-corrected chi connectivity index (χ4v) is 3.02. The molecule has 0 spiro atoms. The van der Waals surface area contributed by atoms with Crippen LogP contribution >= 0.6 is 0 Å². The van der Waals surface area contributed by atoms with E-state index in [0.29, 0.717) is 5.92 Å². The summed E-state index contributed by atoms with van der Waals surface area (Å²) in [7, 11) is 0. The molecule has 6 nitrogen and oxygen atoms in total. The van der Waals surface area contributed by atoms with Gasteiger partial charge in [0.25, 0.3) is 0 Å². The zero-order valence-electron chi connectivity index (χ0n) is 12.9. The van der Waals surface area contributed by atoms with E-state index < -0.39 is 0 Å². The lowest BCUT2D eigenvalue weighted by Gasteiger charge is -2.19.